The molecule has 0 amide bonds. The Labute approximate surface area is 111 Å². The van der Waals surface area contributed by atoms with Crippen LogP contribution in [0, 0.1) is 5.41 Å². The quantitative estimate of drug-likeness (QED) is 0.660. The maximum Gasteiger partial charge on any atom is 0.00688 e. The first kappa shape index (κ1) is 21.6. The van der Waals surface area contributed by atoms with Gasteiger partial charge in [0, 0.05) is 6.04 Å². The van der Waals surface area contributed by atoms with E-state index in [2.05, 4.69) is 46.6 Å². The summed E-state index contributed by atoms with van der Waals surface area (Å²) in [6.45, 7) is 16.8. The van der Waals surface area contributed by atoms with Gasteiger partial charge in [-0.25, -0.2) is 0 Å². The second kappa shape index (κ2) is 11.8. The van der Waals surface area contributed by atoms with Crippen molar-refractivity contribution in [1.82, 2.24) is 4.90 Å². The summed E-state index contributed by atoms with van der Waals surface area (Å²) in [4.78, 5) is 2.43. The lowest BCUT2D eigenvalue weighted by Crippen LogP contribution is -2.33. The normalized spacial score (nSPS) is 12.6. The molecule has 0 saturated heterocycles. The van der Waals surface area contributed by atoms with Gasteiger partial charge in [-0.2, -0.15) is 13.5 Å². The molecule has 0 aliphatic carbocycles. The molecule has 1 nitrogen and oxygen atoms in total. The van der Waals surface area contributed by atoms with Crippen molar-refractivity contribution in [3.63, 3.8) is 0 Å². The highest BCUT2D eigenvalue weighted by Gasteiger charge is 2.21. The van der Waals surface area contributed by atoms with E-state index in [1.807, 2.05) is 13.8 Å². The van der Waals surface area contributed by atoms with Crippen molar-refractivity contribution in [2.75, 3.05) is 13.6 Å². The van der Waals surface area contributed by atoms with Crippen LogP contribution in [0.5, 0.6) is 0 Å². The molecule has 0 spiro atoms. The van der Waals surface area contributed by atoms with Crippen molar-refractivity contribution in [2.45, 2.75) is 73.8 Å². The lowest BCUT2D eigenvalue weighted by Gasteiger charge is -2.32. The maximum atomic E-state index is 2.43. The number of hydrogen-bond acceptors (Lipinski definition) is 1. The fourth-order valence-corrected chi connectivity index (χ4v) is 2.05. The van der Waals surface area contributed by atoms with Crippen LogP contribution in [0.1, 0.15) is 67.7 Å². The molecule has 0 aromatic carbocycles. The molecule has 1 atom stereocenters. The van der Waals surface area contributed by atoms with Crippen LogP contribution in [-0.4, -0.2) is 24.5 Å². The minimum absolute atomic E-state index is 0. The SMILES string of the molecule is CC.CCCC(C)(C)CC(C)N(C)CC.S. The van der Waals surface area contributed by atoms with E-state index in [1.165, 1.54) is 19.3 Å². The van der Waals surface area contributed by atoms with Crippen LogP contribution in [0.2, 0.25) is 0 Å². The molecule has 0 heterocycles. The number of hydrogen-bond donors (Lipinski definition) is 0. The van der Waals surface area contributed by atoms with Gasteiger partial charge in [0.2, 0.25) is 0 Å². The van der Waals surface area contributed by atoms with Gasteiger partial charge in [0.25, 0.3) is 0 Å². The molecule has 0 bridgehead atoms. The largest absolute Gasteiger partial charge is 0.304 e. The Morgan fingerprint density at radius 1 is 1.12 bits per heavy atom. The van der Waals surface area contributed by atoms with Gasteiger partial charge in [-0.05, 0) is 38.8 Å². The number of nitrogens with zero attached hydrogens (tertiary/aromatic N) is 1. The summed E-state index contributed by atoms with van der Waals surface area (Å²) in [6.07, 6.45) is 3.95. The fraction of sp³-hybridized carbons (Fsp3) is 1.00. The van der Waals surface area contributed by atoms with Crippen molar-refractivity contribution >= 4 is 13.5 Å². The molecule has 0 aromatic rings. The fourth-order valence-electron chi connectivity index (χ4n) is 2.05. The van der Waals surface area contributed by atoms with Crippen molar-refractivity contribution in [3.05, 3.63) is 0 Å². The molecule has 0 aliphatic heterocycles. The summed E-state index contributed by atoms with van der Waals surface area (Å²) >= 11 is 0. The molecular weight excluding hydrogens is 214 g/mol. The van der Waals surface area contributed by atoms with E-state index < -0.39 is 0 Å². The lowest BCUT2D eigenvalue weighted by atomic mass is 9.82. The Bertz CT molecular complexity index is 135. The highest BCUT2D eigenvalue weighted by molar-refractivity contribution is 7.59. The predicted molar refractivity (Wildman–Crippen MR) is 82.8 cm³/mol. The topological polar surface area (TPSA) is 3.24 Å². The summed E-state index contributed by atoms with van der Waals surface area (Å²) in [5.74, 6) is 0. The van der Waals surface area contributed by atoms with E-state index in [1.54, 1.807) is 0 Å². The third-order valence-corrected chi connectivity index (χ3v) is 3.03. The molecule has 0 aliphatic rings. The first-order chi connectivity index (χ1) is 6.93. The molecule has 0 fully saturated rings. The van der Waals surface area contributed by atoms with Crippen LogP contribution in [0.3, 0.4) is 0 Å². The van der Waals surface area contributed by atoms with E-state index in [0.717, 1.165) is 6.54 Å². The Hall–Kier alpha value is 0.310. The monoisotopic (exact) mass is 249 g/mol. The van der Waals surface area contributed by atoms with Gasteiger partial charge in [0.05, 0.1) is 0 Å². The average Bonchev–Trinajstić information content (AvgIpc) is 2.18. The summed E-state index contributed by atoms with van der Waals surface area (Å²) in [7, 11) is 2.21. The molecule has 0 N–H and O–H groups in total. The van der Waals surface area contributed by atoms with Gasteiger partial charge < -0.3 is 4.90 Å². The second-order valence-electron chi connectivity index (χ2n) is 5.04. The molecule has 0 rings (SSSR count). The lowest BCUT2D eigenvalue weighted by molar-refractivity contribution is 0.179. The summed E-state index contributed by atoms with van der Waals surface area (Å²) < 4.78 is 0. The zero-order valence-corrected chi connectivity index (χ0v) is 13.9. The van der Waals surface area contributed by atoms with E-state index >= 15 is 0 Å². The first-order valence-corrected chi connectivity index (χ1v) is 6.63. The highest BCUT2D eigenvalue weighted by Crippen LogP contribution is 2.29. The predicted octanol–water partition coefficient (Wildman–Crippen LogP) is 4.68. The summed E-state index contributed by atoms with van der Waals surface area (Å²) in [5.41, 5.74) is 0.512. The number of rotatable bonds is 6. The van der Waals surface area contributed by atoms with Crippen molar-refractivity contribution in [2.24, 2.45) is 5.41 Å². The molecule has 2 heteroatoms. The second-order valence-corrected chi connectivity index (χ2v) is 5.04. The standard InChI is InChI=1S/C12H27N.C2H6.H2S/c1-7-9-12(4,5)10-11(3)13(6)8-2;1-2;/h11H,7-10H2,1-6H3;1-2H3;1H2. The summed E-state index contributed by atoms with van der Waals surface area (Å²) in [5, 5.41) is 0. The van der Waals surface area contributed by atoms with Gasteiger partial charge in [-0.3, -0.25) is 0 Å². The smallest absolute Gasteiger partial charge is 0.00688 e. The minimum atomic E-state index is 0. The molecule has 1 unspecified atom stereocenters. The molecular formula is C14H35NS. The van der Waals surface area contributed by atoms with E-state index in [4.69, 9.17) is 0 Å². The molecule has 102 valence electrons. The molecule has 0 aromatic heterocycles. The first-order valence-electron chi connectivity index (χ1n) is 6.63. The Kier molecular flexibility index (Phi) is 15.9. The van der Waals surface area contributed by atoms with Crippen LogP contribution in [0.4, 0.5) is 0 Å². The van der Waals surface area contributed by atoms with Gasteiger partial charge in [-0.15, -0.1) is 0 Å². The van der Waals surface area contributed by atoms with Crippen LogP contribution < -0.4 is 0 Å². The minimum Gasteiger partial charge on any atom is -0.304 e. The Balaban J connectivity index is -0.000000529. The van der Waals surface area contributed by atoms with Crippen LogP contribution >= 0.6 is 13.5 Å². The zero-order valence-electron chi connectivity index (χ0n) is 12.9. The Morgan fingerprint density at radius 3 is 1.88 bits per heavy atom. The van der Waals surface area contributed by atoms with Crippen molar-refractivity contribution < 1.29 is 0 Å². The zero-order chi connectivity index (χ0) is 12.5. The van der Waals surface area contributed by atoms with Gasteiger partial charge in [0.15, 0.2) is 0 Å². The molecule has 0 radical (unpaired) electrons. The van der Waals surface area contributed by atoms with Crippen LogP contribution in [0.15, 0.2) is 0 Å². The van der Waals surface area contributed by atoms with Gasteiger partial charge in [0.1, 0.15) is 0 Å². The highest BCUT2D eigenvalue weighted by atomic mass is 32.1. The molecule has 0 saturated carbocycles. The molecule has 16 heavy (non-hydrogen) atoms. The summed E-state index contributed by atoms with van der Waals surface area (Å²) in [6, 6.07) is 0.714. The average molecular weight is 250 g/mol. The van der Waals surface area contributed by atoms with E-state index in [9.17, 15) is 0 Å². The Morgan fingerprint density at radius 2 is 1.56 bits per heavy atom. The van der Waals surface area contributed by atoms with Gasteiger partial charge in [-0.1, -0.05) is 48.0 Å². The van der Waals surface area contributed by atoms with E-state index in [-0.39, 0.29) is 13.5 Å². The van der Waals surface area contributed by atoms with Crippen molar-refractivity contribution in [1.29, 1.82) is 0 Å². The van der Waals surface area contributed by atoms with E-state index in [0.29, 0.717) is 11.5 Å². The third-order valence-electron chi connectivity index (χ3n) is 3.03. The maximum absolute atomic E-state index is 2.43. The van der Waals surface area contributed by atoms with Crippen LogP contribution in [0.25, 0.3) is 0 Å². The third kappa shape index (κ3) is 10.8. The van der Waals surface area contributed by atoms with Crippen LogP contribution in [-0.2, 0) is 0 Å². The van der Waals surface area contributed by atoms with Gasteiger partial charge >= 0.3 is 0 Å². The van der Waals surface area contributed by atoms with Crippen molar-refractivity contribution in [3.8, 4) is 0 Å².